The predicted molar refractivity (Wildman–Crippen MR) is 84.2 cm³/mol. The highest BCUT2D eigenvalue weighted by atomic mass is 35.5. The first-order valence-electron chi connectivity index (χ1n) is 6.94. The lowest BCUT2D eigenvalue weighted by Crippen LogP contribution is -2.09. The smallest absolute Gasteiger partial charge is 0.132 e. The van der Waals surface area contributed by atoms with Gasteiger partial charge in [-0.05, 0) is 37.6 Å². The number of alkyl halides is 1. The van der Waals surface area contributed by atoms with E-state index in [1.807, 2.05) is 48.7 Å². The molecule has 1 aromatic heterocycles. The fourth-order valence-electron chi connectivity index (χ4n) is 2.58. The van der Waals surface area contributed by atoms with Gasteiger partial charge in [-0.25, -0.2) is 9.37 Å². The Bertz CT molecular complexity index is 765. The van der Waals surface area contributed by atoms with E-state index in [0.29, 0.717) is 0 Å². The molecule has 0 bridgehead atoms. The van der Waals surface area contributed by atoms with Gasteiger partial charge in [-0.3, -0.25) is 0 Å². The van der Waals surface area contributed by atoms with Crippen LogP contribution in [0.3, 0.4) is 0 Å². The summed E-state index contributed by atoms with van der Waals surface area (Å²) in [7, 11) is 0. The molecule has 0 N–H and O–H groups in total. The average molecular weight is 303 g/mol. The number of nitrogens with zero attached hydrogens (tertiary/aromatic N) is 2. The van der Waals surface area contributed by atoms with Crippen molar-refractivity contribution in [1.82, 2.24) is 9.55 Å². The maximum absolute atomic E-state index is 13.5. The molecule has 0 fully saturated rings. The quantitative estimate of drug-likeness (QED) is 0.617. The van der Waals surface area contributed by atoms with Gasteiger partial charge in [0.05, 0.1) is 11.0 Å². The standard InChI is InChI=1S/C17H16ClFN2/c1-11(2)21-15-10-13(19)8-9-14(15)20-17(21)16(18)12-6-4-3-5-7-12/h3-11,16H,1-2H3. The Labute approximate surface area is 128 Å². The van der Waals surface area contributed by atoms with Crippen LogP contribution in [0, 0.1) is 5.82 Å². The van der Waals surface area contributed by atoms with Gasteiger partial charge >= 0.3 is 0 Å². The zero-order chi connectivity index (χ0) is 15.0. The number of imidazole rings is 1. The van der Waals surface area contributed by atoms with Crippen LogP contribution in [-0.2, 0) is 0 Å². The van der Waals surface area contributed by atoms with Crippen LogP contribution in [0.1, 0.15) is 36.7 Å². The number of hydrogen-bond donors (Lipinski definition) is 0. The third-order valence-electron chi connectivity index (χ3n) is 3.51. The van der Waals surface area contributed by atoms with Gasteiger partial charge in [0.15, 0.2) is 0 Å². The fraction of sp³-hybridized carbons (Fsp3) is 0.235. The van der Waals surface area contributed by atoms with E-state index in [9.17, 15) is 4.39 Å². The monoisotopic (exact) mass is 302 g/mol. The van der Waals surface area contributed by atoms with E-state index in [-0.39, 0.29) is 17.2 Å². The summed E-state index contributed by atoms with van der Waals surface area (Å²) in [5.74, 6) is 0.486. The topological polar surface area (TPSA) is 17.8 Å². The second-order valence-electron chi connectivity index (χ2n) is 5.34. The summed E-state index contributed by atoms with van der Waals surface area (Å²) >= 11 is 6.62. The number of rotatable bonds is 3. The van der Waals surface area contributed by atoms with Crippen molar-refractivity contribution in [2.45, 2.75) is 25.3 Å². The molecule has 0 aliphatic heterocycles. The zero-order valence-corrected chi connectivity index (χ0v) is 12.7. The van der Waals surface area contributed by atoms with Crippen molar-refractivity contribution in [2.75, 3.05) is 0 Å². The van der Waals surface area contributed by atoms with Crippen LogP contribution in [0.4, 0.5) is 4.39 Å². The van der Waals surface area contributed by atoms with Gasteiger partial charge in [-0.2, -0.15) is 0 Å². The van der Waals surface area contributed by atoms with E-state index in [1.165, 1.54) is 12.1 Å². The molecule has 0 saturated heterocycles. The van der Waals surface area contributed by atoms with Gasteiger partial charge in [0, 0.05) is 6.04 Å². The van der Waals surface area contributed by atoms with Crippen molar-refractivity contribution >= 4 is 22.6 Å². The van der Waals surface area contributed by atoms with Crippen LogP contribution in [0.25, 0.3) is 11.0 Å². The Morgan fingerprint density at radius 1 is 1.10 bits per heavy atom. The largest absolute Gasteiger partial charge is 0.324 e. The predicted octanol–water partition coefficient (Wildman–Crippen LogP) is 5.08. The highest BCUT2D eigenvalue weighted by Crippen LogP contribution is 2.33. The molecule has 1 atom stereocenters. The summed E-state index contributed by atoms with van der Waals surface area (Å²) in [4.78, 5) is 4.62. The van der Waals surface area contributed by atoms with Crippen LogP contribution in [0.2, 0.25) is 0 Å². The SMILES string of the molecule is CC(C)n1c(C(Cl)c2ccccc2)nc2ccc(F)cc21. The molecule has 2 nitrogen and oxygen atoms in total. The van der Waals surface area contributed by atoms with E-state index in [4.69, 9.17) is 11.6 Å². The third kappa shape index (κ3) is 2.54. The first-order valence-corrected chi connectivity index (χ1v) is 7.38. The van der Waals surface area contributed by atoms with Crippen molar-refractivity contribution in [3.05, 3.63) is 65.7 Å². The molecule has 1 heterocycles. The summed E-state index contributed by atoms with van der Waals surface area (Å²) < 4.78 is 15.5. The van der Waals surface area contributed by atoms with Crippen molar-refractivity contribution in [1.29, 1.82) is 0 Å². The molecular weight excluding hydrogens is 287 g/mol. The fourth-order valence-corrected chi connectivity index (χ4v) is 2.88. The Kier molecular flexibility index (Phi) is 3.68. The summed E-state index contributed by atoms with van der Waals surface area (Å²) in [6, 6.07) is 14.6. The lowest BCUT2D eigenvalue weighted by molar-refractivity contribution is 0.585. The molecule has 0 radical (unpaired) electrons. The number of aromatic nitrogens is 2. The van der Waals surface area contributed by atoms with Gasteiger partial charge in [-0.1, -0.05) is 30.3 Å². The minimum Gasteiger partial charge on any atom is -0.324 e. The molecule has 0 aliphatic rings. The lowest BCUT2D eigenvalue weighted by atomic mass is 10.1. The minimum absolute atomic E-state index is 0.150. The molecule has 108 valence electrons. The molecule has 2 aromatic carbocycles. The first-order chi connectivity index (χ1) is 10.1. The minimum atomic E-state index is -0.357. The van der Waals surface area contributed by atoms with Crippen molar-refractivity contribution in [3.8, 4) is 0 Å². The van der Waals surface area contributed by atoms with Crippen LogP contribution in [-0.4, -0.2) is 9.55 Å². The number of benzene rings is 2. The van der Waals surface area contributed by atoms with Crippen molar-refractivity contribution in [2.24, 2.45) is 0 Å². The van der Waals surface area contributed by atoms with Crippen LogP contribution in [0.15, 0.2) is 48.5 Å². The van der Waals surface area contributed by atoms with Crippen LogP contribution in [0.5, 0.6) is 0 Å². The first kappa shape index (κ1) is 14.1. The number of fused-ring (bicyclic) bond motifs is 1. The Hall–Kier alpha value is -1.87. The molecule has 4 heteroatoms. The molecule has 0 saturated carbocycles. The normalized spacial score (nSPS) is 13.0. The zero-order valence-electron chi connectivity index (χ0n) is 11.9. The average Bonchev–Trinajstić information content (AvgIpc) is 2.86. The molecule has 3 aromatic rings. The van der Waals surface area contributed by atoms with Gasteiger partial charge in [-0.15, -0.1) is 11.6 Å². The summed E-state index contributed by atoms with van der Waals surface area (Å²) in [5.41, 5.74) is 2.53. The van der Waals surface area contributed by atoms with Crippen molar-refractivity contribution in [3.63, 3.8) is 0 Å². The van der Waals surface area contributed by atoms with E-state index in [2.05, 4.69) is 4.98 Å². The molecule has 0 spiro atoms. The van der Waals surface area contributed by atoms with Crippen molar-refractivity contribution < 1.29 is 4.39 Å². The van der Waals surface area contributed by atoms with Gasteiger partial charge in [0.25, 0.3) is 0 Å². The highest BCUT2D eigenvalue weighted by Gasteiger charge is 2.21. The van der Waals surface area contributed by atoms with Crippen LogP contribution < -0.4 is 0 Å². The Balaban J connectivity index is 2.20. The van der Waals surface area contributed by atoms with E-state index in [0.717, 1.165) is 22.4 Å². The Morgan fingerprint density at radius 3 is 2.48 bits per heavy atom. The van der Waals surface area contributed by atoms with Gasteiger partial charge in [0.2, 0.25) is 0 Å². The maximum atomic E-state index is 13.5. The van der Waals surface area contributed by atoms with E-state index >= 15 is 0 Å². The lowest BCUT2D eigenvalue weighted by Gasteiger charge is -2.16. The molecule has 21 heavy (non-hydrogen) atoms. The second kappa shape index (κ2) is 5.49. The highest BCUT2D eigenvalue weighted by molar-refractivity contribution is 6.22. The number of halogens is 2. The third-order valence-corrected chi connectivity index (χ3v) is 3.96. The second-order valence-corrected chi connectivity index (χ2v) is 5.78. The van der Waals surface area contributed by atoms with Gasteiger partial charge < -0.3 is 4.57 Å². The molecule has 0 amide bonds. The molecule has 3 rings (SSSR count). The Morgan fingerprint density at radius 2 is 1.81 bits per heavy atom. The summed E-state index contributed by atoms with van der Waals surface area (Å²) in [5, 5.41) is -0.357. The molecular formula is C17H16ClFN2. The van der Waals surface area contributed by atoms with E-state index in [1.54, 1.807) is 6.07 Å². The van der Waals surface area contributed by atoms with E-state index < -0.39 is 0 Å². The molecule has 0 aliphatic carbocycles. The number of hydrogen-bond acceptors (Lipinski definition) is 1. The van der Waals surface area contributed by atoms with Gasteiger partial charge in [0.1, 0.15) is 17.0 Å². The maximum Gasteiger partial charge on any atom is 0.132 e. The van der Waals surface area contributed by atoms with Crippen LogP contribution >= 0.6 is 11.6 Å². The summed E-state index contributed by atoms with van der Waals surface area (Å²) in [6.07, 6.45) is 0. The summed E-state index contributed by atoms with van der Waals surface area (Å²) in [6.45, 7) is 4.09. The molecule has 1 unspecified atom stereocenters.